The van der Waals surface area contributed by atoms with E-state index in [2.05, 4.69) is 15.6 Å². The van der Waals surface area contributed by atoms with Gasteiger partial charge in [-0.3, -0.25) is 18.7 Å². The maximum absolute atomic E-state index is 12.8. The van der Waals surface area contributed by atoms with E-state index in [0.717, 1.165) is 5.56 Å². The summed E-state index contributed by atoms with van der Waals surface area (Å²) in [6, 6.07) is 9.12. The maximum atomic E-state index is 12.8. The van der Waals surface area contributed by atoms with Crippen LogP contribution >= 0.6 is 0 Å². The lowest BCUT2D eigenvalue weighted by Gasteiger charge is -2.07. The van der Waals surface area contributed by atoms with E-state index in [1.54, 1.807) is 38.4 Å². The molecule has 0 atom stereocenters. The monoisotopic (exact) mass is 385 g/mol. The summed E-state index contributed by atoms with van der Waals surface area (Å²) in [5.41, 5.74) is 1.68. The number of carbonyl (C=O) groups excluding carboxylic acids is 2. The summed E-state index contributed by atoms with van der Waals surface area (Å²) in [5.74, 6) is -0.669. The quantitative estimate of drug-likeness (QED) is 0.671. The highest BCUT2D eigenvalue weighted by Crippen LogP contribution is 2.13. The molecule has 0 radical (unpaired) electrons. The minimum atomic E-state index is -0.357. The predicted molar refractivity (Wildman–Crippen MR) is 102 cm³/mol. The van der Waals surface area contributed by atoms with Crippen LogP contribution in [0.25, 0.3) is 11.2 Å². The molecule has 146 valence electrons. The van der Waals surface area contributed by atoms with Gasteiger partial charge in [0.05, 0.1) is 5.52 Å². The number of anilines is 1. The number of imidazole rings is 1. The van der Waals surface area contributed by atoms with Crippen molar-refractivity contribution in [2.45, 2.75) is 19.4 Å². The lowest BCUT2D eigenvalue weighted by molar-refractivity contribution is -0.124. The maximum Gasteiger partial charge on any atom is 0.329 e. The zero-order valence-electron chi connectivity index (χ0n) is 15.5. The van der Waals surface area contributed by atoms with Crippen LogP contribution < -0.4 is 16.3 Å². The Labute approximate surface area is 160 Å². The molecule has 0 aliphatic carbocycles. The van der Waals surface area contributed by atoms with E-state index in [9.17, 15) is 18.8 Å². The zero-order valence-corrected chi connectivity index (χ0v) is 15.5. The first kappa shape index (κ1) is 19.3. The number of carbonyl (C=O) groups is 2. The van der Waals surface area contributed by atoms with E-state index in [4.69, 9.17) is 0 Å². The second-order valence-electron chi connectivity index (χ2n) is 6.39. The molecule has 0 spiro atoms. The van der Waals surface area contributed by atoms with Crippen molar-refractivity contribution in [3.8, 4) is 0 Å². The lowest BCUT2D eigenvalue weighted by Crippen LogP contribution is -2.24. The van der Waals surface area contributed by atoms with Gasteiger partial charge in [0.25, 0.3) is 0 Å². The van der Waals surface area contributed by atoms with E-state index in [0.29, 0.717) is 17.0 Å². The number of halogens is 1. The van der Waals surface area contributed by atoms with Crippen molar-refractivity contribution in [1.82, 2.24) is 19.4 Å². The predicted octanol–water partition coefficient (Wildman–Crippen LogP) is 1.45. The van der Waals surface area contributed by atoms with Crippen LogP contribution in [0.1, 0.15) is 18.4 Å². The van der Waals surface area contributed by atoms with Crippen molar-refractivity contribution in [3.05, 3.63) is 58.3 Å². The molecule has 8 nitrogen and oxygen atoms in total. The minimum absolute atomic E-state index is 0.0112. The number of nitrogens with zero attached hydrogens (tertiary/aromatic N) is 3. The van der Waals surface area contributed by atoms with Crippen LogP contribution in [0.3, 0.4) is 0 Å². The van der Waals surface area contributed by atoms with Gasteiger partial charge in [0.2, 0.25) is 11.8 Å². The lowest BCUT2D eigenvalue weighted by atomic mass is 10.2. The third kappa shape index (κ3) is 4.25. The highest BCUT2D eigenvalue weighted by Gasteiger charge is 2.12. The second kappa shape index (κ2) is 8.03. The number of aryl methyl sites for hydroxylation is 2. The second-order valence-corrected chi connectivity index (χ2v) is 6.39. The molecule has 1 aromatic carbocycles. The summed E-state index contributed by atoms with van der Waals surface area (Å²) < 4.78 is 15.7. The van der Waals surface area contributed by atoms with E-state index in [-0.39, 0.29) is 42.7 Å². The molecule has 2 aromatic heterocycles. The number of pyridine rings is 1. The van der Waals surface area contributed by atoms with Crippen molar-refractivity contribution < 1.29 is 14.0 Å². The van der Waals surface area contributed by atoms with Gasteiger partial charge in [-0.25, -0.2) is 14.2 Å². The van der Waals surface area contributed by atoms with Crippen molar-refractivity contribution >= 4 is 28.8 Å². The van der Waals surface area contributed by atoms with Crippen molar-refractivity contribution in [1.29, 1.82) is 0 Å². The minimum Gasteiger partial charge on any atom is -0.352 e. The molecule has 0 fully saturated rings. The van der Waals surface area contributed by atoms with Gasteiger partial charge in [-0.1, -0.05) is 12.1 Å². The first-order valence-electron chi connectivity index (χ1n) is 8.68. The van der Waals surface area contributed by atoms with E-state index in [1.807, 2.05) is 0 Å². The molecule has 0 aliphatic heterocycles. The molecular formula is C19H20FN5O3. The Morgan fingerprint density at radius 2 is 1.68 bits per heavy atom. The fourth-order valence-electron chi connectivity index (χ4n) is 2.76. The fraction of sp³-hybridized carbons (Fsp3) is 0.263. The molecule has 0 unspecified atom stereocenters. The topological polar surface area (TPSA) is 98.0 Å². The van der Waals surface area contributed by atoms with E-state index in [1.165, 1.54) is 21.3 Å². The third-order valence-electron chi connectivity index (χ3n) is 4.36. The molecule has 3 aromatic rings. The highest BCUT2D eigenvalue weighted by molar-refractivity contribution is 5.93. The number of hydrogen-bond donors (Lipinski definition) is 2. The van der Waals surface area contributed by atoms with Crippen LogP contribution in [-0.2, 0) is 30.2 Å². The molecule has 0 aliphatic rings. The van der Waals surface area contributed by atoms with Gasteiger partial charge in [0.15, 0.2) is 5.65 Å². The molecule has 0 saturated heterocycles. The number of nitrogens with one attached hydrogen (secondary N) is 2. The molecular weight excluding hydrogens is 365 g/mol. The van der Waals surface area contributed by atoms with Crippen LogP contribution in [0.15, 0.2) is 41.2 Å². The van der Waals surface area contributed by atoms with Gasteiger partial charge in [0, 0.05) is 33.5 Å². The number of rotatable bonds is 6. The van der Waals surface area contributed by atoms with Crippen molar-refractivity contribution in [3.63, 3.8) is 0 Å². The Morgan fingerprint density at radius 3 is 2.39 bits per heavy atom. The zero-order chi connectivity index (χ0) is 20.3. The van der Waals surface area contributed by atoms with Gasteiger partial charge in [-0.05, 0) is 29.8 Å². The Balaban J connectivity index is 1.52. The molecule has 28 heavy (non-hydrogen) atoms. The van der Waals surface area contributed by atoms with E-state index < -0.39 is 0 Å². The summed E-state index contributed by atoms with van der Waals surface area (Å²) in [7, 11) is 3.25. The standard InChI is InChI=1S/C19H20FN5O3/c1-24-14-7-8-15(23-18(14)25(2)19(24)28)22-17(27)10-9-16(26)21-11-12-3-5-13(20)6-4-12/h3-8H,9-11H2,1-2H3,(H,21,26)(H,22,23,27). The fourth-order valence-corrected chi connectivity index (χ4v) is 2.76. The Morgan fingerprint density at radius 1 is 1.00 bits per heavy atom. The number of aromatic nitrogens is 3. The molecule has 2 heterocycles. The molecule has 0 saturated carbocycles. The molecule has 2 amide bonds. The summed E-state index contributed by atoms with van der Waals surface area (Å²) in [6.45, 7) is 0.265. The number of fused-ring (bicyclic) bond motifs is 1. The average Bonchev–Trinajstić information content (AvgIpc) is 2.90. The number of amides is 2. The largest absolute Gasteiger partial charge is 0.352 e. The van der Waals surface area contributed by atoms with Crippen LogP contribution in [0.2, 0.25) is 0 Å². The Hall–Kier alpha value is -3.49. The molecule has 9 heteroatoms. The van der Waals surface area contributed by atoms with Crippen molar-refractivity contribution in [2.75, 3.05) is 5.32 Å². The Bertz CT molecular complexity index is 1090. The van der Waals surface area contributed by atoms with E-state index >= 15 is 0 Å². The summed E-state index contributed by atoms with van der Waals surface area (Å²) in [6.07, 6.45) is 0.00177. The first-order chi connectivity index (χ1) is 13.3. The summed E-state index contributed by atoms with van der Waals surface area (Å²) in [5, 5.41) is 5.31. The highest BCUT2D eigenvalue weighted by atomic mass is 19.1. The smallest absolute Gasteiger partial charge is 0.329 e. The average molecular weight is 385 g/mol. The number of hydrogen-bond acceptors (Lipinski definition) is 4. The third-order valence-corrected chi connectivity index (χ3v) is 4.36. The van der Waals surface area contributed by atoms with Gasteiger partial charge in [0.1, 0.15) is 11.6 Å². The van der Waals surface area contributed by atoms with Gasteiger partial charge in [-0.15, -0.1) is 0 Å². The van der Waals surface area contributed by atoms with Gasteiger partial charge >= 0.3 is 5.69 Å². The molecule has 3 rings (SSSR count). The summed E-state index contributed by atoms with van der Waals surface area (Å²) >= 11 is 0. The summed E-state index contributed by atoms with van der Waals surface area (Å²) in [4.78, 5) is 40.2. The number of benzene rings is 1. The SMILES string of the molecule is Cn1c(=O)n(C)c2nc(NC(=O)CCC(=O)NCc3ccc(F)cc3)ccc21. The van der Waals surface area contributed by atoms with Crippen LogP contribution in [-0.4, -0.2) is 25.9 Å². The molecule has 2 N–H and O–H groups in total. The Kier molecular flexibility index (Phi) is 5.53. The van der Waals surface area contributed by atoms with Crippen LogP contribution in [0, 0.1) is 5.82 Å². The van der Waals surface area contributed by atoms with Gasteiger partial charge < -0.3 is 10.6 Å². The first-order valence-corrected chi connectivity index (χ1v) is 8.68. The van der Waals surface area contributed by atoms with Crippen LogP contribution in [0.5, 0.6) is 0 Å². The normalized spacial score (nSPS) is 10.8. The van der Waals surface area contributed by atoms with Gasteiger partial charge in [-0.2, -0.15) is 0 Å². The van der Waals surface area contributed by atoms with Crippen LogP contribution in [0.4, 0.5) is 10.2 Å². The molecule has 0 bridgehead atoms. The van der Waals surface area contributed by atoms with Crippen molar-refractivity contribution in [2.24, 2.45) is 14.1 Å².